The molecule has 0 unspecified atom stereocenters. The fourth-order valence-electron chi connectivity index (χ4n) is 2.53. The molecule has 0 saturated heterocycles. The highest BCUT2D eigenvalue weighted by molar-refractivity contribution is 6.38. The van der Waals surface area contributed by atoms with Gasteiger partial charge in [0, 0.05) is 12.1 Å². The van der Waals surface area contributed by atoms with E-state index in [1.54, 1.807) is 0 Å². The van der Waals surface area contributed by atoms with Gasteiger partial charge in [-0.15, -0.1) is 0 Å². The van der Waals surface area contributed by atoms with Gasteiger partial charge in [-0.2, -0.15) is 5.26 Å². The van der Waals surface area contributed by atoms with Crippen LogP contribution in [0.25, 0.3) is 10.9 Å². The first-order valence-corrected chi connectivity index (χ1v) is 6.51. The summed E-state index contributed by atoms with van der Waals surface area (Å²) in [5.74, 6) is 0. The van der Waals surface area contributed by atoms with E-state index < -0.39 is 0 Å². The predicted molar refractivity (Wildman–Crippen MR) is 82.3 cm³/mol. The third kappa shape index (κ3) is 2.21. The van der Waals surface area contributed by atoms with Gasteiger partial charge in [-0.25, -0.2) is 0 Å². The molecule has 0 fully saturated rings. The van der Waals surface area contributed by atoms with Crippen molar-refractivity contribution < 1.29 is 0 Å². The second-order valence-electron chi connectivity index (χ2n) is 5.05. The number of hydrogen-bond acceptors (Lipinski definition) is 1. The van der Waals surface area contributed by atoms with E-state index in [9.17, 15) is 0 Å². The van der Waals surface area contributed by atoms with Gasteiger partial charge >= 0.3 is 0 Å². The van der Waals surface area contributed by atoms with Crippen LogP contribution in [0.5, 0.6) is 0 Å². The molecule has 0 bridgehead atoms. The second-order valence-corrected chi connectivity index (χ2v) is 5.05. The van der Waals surface area contributed by atoms with Crippen LogP contribution in [0.4, 0.5) is 0 Å². The van der Waals surface area contributed by atoms with Crippen LogP contribution >= 0.6 is 0 Å². The number of nitrogens with zero attached hydrogens (tertiary/aromatic N) is 2. The molecule has 20 heavy (non-hydrogen) atoms. The molecular formula is C17H13BN2. The highest BCUT2D eigenvalue weighted by Gasteiger charge is 2.06. The molecule has 0 aliphatic rings. The number of aryl methyl sites for hydroxylation is 1. The van der Waals surface area contributed by atoms with Gasteiger partial charge in [0.1, 0.15) is 7.85 Å². The van der Waals surface area contributed by atoms with Gasteiger partial charge in [0.15, 0.2) is 0 Å². The first kappa shape index (κ1) is 12.6. The van der Waals surface area contributed by atoms with Crippen molar-refractivity contribution in [1.29, 1.82) is 5.26 Å². The van der Waals surface area contributed by atoms with E-state index in [1.165, 1.54) is 11.1 Å². The number of benzene rings is 2. The second kappa shape index (κ2) is 4.90. The topological polar surface area (TPSA) is 28.7 Å². The molecule has 0 N–H and O–H groups in total. The lowest BCUT2D eigenvalue weighted by Gasteiger charge is -2.06. The fourth-order valence-corrected chi connectivity index (χ4v) is 2.53. The zero-order valence-electron chi connectivity index (χ0n) is 11.3. The van der Waals surface area contributed by atoms with E-state index in [1.807, 2.05) is 24.4 Å². The van der Waals surface area contributed by atoms with E-state index in [0.29, 0.717) is 11.0 Å². The van der Waals surface area contributed by atoms with Crippen molar-refractivity contribution in [3.63, 3.8) is 0 Å². The molecule has 0 aliphatic heterocycles. The number of fused-ring (bicyclic) bond motifs is 1. The Balaban J connectivity index is 2.07. The van der Waals surface area contributed by atoms with Gasteiger partial charge in [-0.05, 0) is 42.3 Å². The van der Waals surface area contributed by atoms with Gasteiger partial charge in [-0.1, -0.05) is 35.3 Å². The minimum absolute atomic E-state index is 0.637. The molecule has 1 aromatic heterocycles. The summed E-state index contributed by atoms with van der Waals surface area (Å²) in [6.45, 7) is 2.87. The zero-order chi connectivity index (χ0) is 14.1. The Bertz CT molecular complexity index is 825. The molecule has 0 aliphatic carbocycles. The normalized spacial score (nSPS) is 10.6. The highest BCUT2D eigenvalue weighted by atomic mass is 15.0. The van der Waals surface area contributed by atoms with Gasteiger partial charge in [-0.3, -0.25) is 0 Å². The van der Waals surface area contributed by atoms with Crippen molar-refractivity contribution in [2.45, 2.75) is 13.5 Å². The maximum absolute atomic E-state index is 8.96. The summed E-state index contributed by atoms with van der Waals surface area (Å²) in [7, 11) is 6.05. The minimum Gasteiger partial charge on any atom is -0.344 e. The highest BCUT2D eigenvalue weighted by Crippen LogP contribution is 2.17. The van der Waals surface area contributed by atoms with Crippen molar-refractivity contribution in [1.82, 2.24) is 4.57 Å². The van der Waals surface area contributed by atoms with Crippen LogP contribution in [0.3, 0.4) is 0 Å². The monoisotopic (exact) mass is 256 g/mol. The molecule has 0 atom stereocenters. The van der Waals surface area contributed by atoms with Crippen LogP contribution in [0.15, 0.2) is 48.7 Å². The van der Waals surface area contributed by atoms with E-state index in [-0.39, 0.29) is 0 Å². The van der Waals surface area contributed by atoms with Crippen LogP contribution in [0.2, 0.25) is 0 Å². The third-order valence-electron chi connectivity index (χ3n) is 3.48. The Morgan fingerprint density at radius 2 is 2.05 bits per heavy atom. The lowest BCUT2D eigenvalue weighted by atomic mass is 9.95. The quantitative estimate of drug-likeness (QED) is 0.648. The third-order valence-corrected chi connectivity index (χ3v) is 3.48. The average molecular weight is 256 g/mol. The maximum Gasteiger partial charge on any atom is 0.116 e. The fraction of sp³-hybridized carbons (Fsp3) is 0.118. The van der Waals surface area contributed by atoms with E-state index in [0.717, 1.165) is 17.4 Å². The largest absolute Gasteiger partial charge is 0.344 e. The first-order valence-electron chi connectivity index (χ1n) is 6.51. The van der Waals surface area contributed by atoms with Crippen molar-refractivity contribution in [2.75, 3.05) is 0 Å². The Labute approximate surface area is 119 Å². The zero-order valence-corrected chi connectivity index (χ0v) is 11.3. The summed E-state index contributed by atoms with van der Waals surface area (Å²) >= 11 is 0. The van der Waals surface area contributed by atoms with Crippen LogP contribution in [-0.2, 0) is 6.54 Å². The molecule has 3 rings (SSSR count). The molecule has 0 spiro atoms. The summed E-state index contributed by atoms with van der Waals surface area (Å²) in [5, 5.41) is 9.90. The van der Waals surface area contributed by atoms with Crippen LogP contribution in [-0.4, -0.2) is 12.4 Å². The Kier molecular flexibility index (Phi) is 3.08. The van der Waals surface area contributed by atoms with Gasteiger partial charge in [0.2, 0.25) is 0 Å². The first-order chi connectivity index (χ1) is 9.67. The van der Waals surface area contributed by atoms with Crippen molar-refractivity contribution in [2.24, 2.45) is 0 Å². The molecular weight excluding hydrogens is 243 g/mol. The lowest BCUT2D eigenvalue weighted by Crippen LogP contribution is -2.01. The molecule has 94 valence electrons. The SMILES string of the molecule is [B]c1cn(Cc2cccc(C)c2)c2ccc(C#N)cc12. The maximum atomic E-state index is 8.96. The van der Waals surface area contributed by atoms with Crippen molar-refractivity contribution >= 4 is 24.2 Å². The van der Waals surface area contributed by atoms with Gasteiger partial charge < -0.3 is 4.57 Å². The molecule has 3 aromatic rings. The summed E-state index contributed by atoms with van der Waals surface area (Å²) in [4.78, 5) is 0. The molecule has 2 radical (unpaired) electrons. The van der Waals surface area contributed by atoms with Crippen LogP contribution in [0, 0.1) is 18.3 Å². The molecule has 0 amide bonds. The van der Waals surface area contributed by atoms with E-state index in [4.69, 9.17) is 13.1 Å². The Morgan fingerprint density at radius 1 is 1.20 bits per heavy atom. The van der Waals surface area contributed by atoms with Crippen LogP contribution in [0.1, 0.15) is 16.7 Å². The summed E-state index contributed by atoms with van der Waals surface area (Å²) < 4.78 is 2.13. The van der Waals surface area contributed by atoms with Gasteiger partial charge in [0.05, 0.1) is 11.6 Å². The number of hydrogen-bond donors (Lipinski definition) is 0. The Hall–Kier alpha value is -2.47. The predicted octanol–water partition coefficient (Wildman–Crippen LogP) is 2.66. The summed E-state index contributed by atoms with van der Waals surface area (Å²) in [5.41, 5.74) is 4.90. The van der Waals surface area contributed by atoms with Gasteiger partial charge in [0.25, 0.3) is 0 Å². The molecule has 2 aromatic carbocycles. The number of aromatic nitrogens is 1. The van der Waals surface area contributed by atoms with Crippen molar-refractivity contribution in [3.8, 4) is 6.07 Å². The number of nitriles is 1. The van der Waals surface area contributed by atoms with Crippen LogP contribution < -0.4 is 5.46 Å². The lowest BCUT2D eigenvalue weighted by molar-refractivity contribution is 0.838. The van der Waals surface area contributed by atoms with E-state index >= 15 is 0 Å². The minimum atomic E-state index is 0.637. The molecule has 0 saturated carbocycles. The standard InChI is InChI=1S/C17H13BN2/c1-12-3-2-4-14(7-12)10-20-11-16(18)15-8-13(9-19)5-6-17(15)20/h2-8,11H,10H2,1H3. The van der Waals surface area contributed by atoms with E-state index in [2.05, 4.69) is 41.8 Å². The molecule has 1 heterocycles. The van der Waals surface area contributed by atoms with Crippen molar-refractivity contribution in [3.05, 3.63) is 65.4 Å². The molecule has 2 nitrogen and oxygen atoms in total. The molecule has 3 heteroatoms. The Morgan fingerprint density at radius 3 is 2.80 bits per heavy atom. The summed E-state index contributed by atoms with van der Waals surface area (Å²) in [6.07, 6.45) is 1.94. The summed E-state index contributed by atoms with van der Waals surface area (Å²) in [6, 6.07) is 16.2. The average Bonchev–Trinajstić information content (AvgIpc) is 2.75. The number of rotatable bonds is 2. The smallest absolute Gasteiger partial charge is 0.116 e.